The number of fused-ring (bicyclic) bond motifs is 1. The molecule has 0 atom stereocenters. The van der Waals surface area contributed by atoms with Gasteiger partial charge in [0.05, 0.1) is 18.2 Å². The molecule has 0 fully saturated rings. The first kappa shape index (κ1) is 10.3. The molecular formula is C12H9NO3. The van der Waals surface area contributed by atoms with Gasteiger partial charge >= 0.3 is 5.97 Å². The normalized spacial score (nSPS) is 10.1. The van der Waals surface area contributed by atoms with Gasteiger partial charge in [-0.05, 0) is 24.3 Å². The fourth-order valence-corrected chi connectivity index (χ4v) is 1.45. The highest BCUT2D eigenvalue weighted by Gasteiger charge is 2.06. The van der Waals surface area contributed by atoms with E-state index in [1.54, 1.807) is 30.3 Å². The van der Waals surface area contributed by atoms with Crippen molar-refractivity contribution in [3.05, 3.63) is 41.6 Å². The molecule has 0 aliphatic rings. The molecule has 0 bridgehead atoms. The Bertz CT molecular complexity index is 563. The van der Waals surface area contributed by atoms with Crippen molar-refractivity contribution in [3.63, 3.8) is 0 Å². The smallest absolute Gasteiger partial charge is 0.337 e. The Morgan fingerprint density at radius 2 is 2.12 bits per heavy atom. The van der Waals surface area contributed by atoms with Gasteiger partial charge in [0.1, 0.15) is 5.69 Å². The van der Waals surface area contributed by atoms with E-state index in [0.717, 1.165) is 5.39 Å². The van der Waals surface area contributed by atoms with Gasteiger partial charge in [-0.3, -0.25) is 4.79 Å². The summed E-state index contributed by atoms with van der Waals surface area (Å²) < 4.78 is 4.61. The van der Waals surface area contributed by atoms with Crippen molar-refractivity contribution in [3.8, 4) is 0 Å². The van der Waals surface area contributed by atoms with E-state index in [9.17, 15) is 9.59 Å². The van der Waals surface area contributed by atoms with Crippen molar-refractivity contribution in [2.75, 3.05) is 7.11 Å². The lowest BCUT2D eigenvalue weighted by Gasteiger charge is -2.01. The summed E-state index contributed by atoms with van der Waals surface area (Å²) in [5, 5.41) is 0.800. The summed E-state index contributed by atoms with van der Waals surface area (Å²) >= 11 is 0. The number of methoxy groups -OCH3 is 1. The number of hydrogen-bond acceptors (Lipinski definition) is 4. The summed E-state index contributed by atoms with van der Waals surface area (Å²) in [5.41, 5.74) is 1.52. The van der Waals surface area contributed by atoms with E-state index in [1.807, 2.05) is 0 Å². The molecule has 0 saturated carbocycles. The first-order valence-corrected chi connectivity index (χ1v) is 4.69. The van der Waals surface area contributed by atoms with E-state index in [2.05, 4.69) is 9.72 Å². The topological polar surface area (TPSA) is 56.3 Å². The molecule has 1 heterocycles. The third-order valence-electron chi connectivity index (χ3n) is 2.25. The van der Waals surface area contributed by atoms with Crippen molar-refractivity contribution in [1.82, 2.24) is 4.98 Å². The van der Waals surface area contributed by atoms with Crippen LogP contribution in [0.1, 0.15) is 20.8 Å². The Labute approximate surface area is 91.9 Å². The zero-order valence-electron chi connectivity index (χ0n) is 8.64. The van der Waals surface area contributed by atoms with Gasteiger partial charge < -0.3 is 4.74 Å². The predicted octanol–water partition coefficient (Wildman–Crippen LogP) is 1.83. The summed E-state index contributed by atoms with van der Waals surface area (Å²) in [6.07, 6.45) is 0.688. The number of benzene rings is 1. The highest BCUT2D eigenvalue weighted by Crippen LogP contribution is 2.15. The van der Waals surface area contributed by atoms with Crippen LogP contribution < -0.4 is 0 Å². The molecule has 80 valence electrons. The average Bonchev–Trinajstić information content (AvgIpc) is 2.36. The largest absolute Gasteiger partial charge is 0.465 e. The third kappa shape index (κ3) is 1.77. The van der Waals surface area contributed by atoms with Gasteiger partial charge in [0.25, 0.3) is 0 Å². The van der Waals surface area contributed by atoms with Crippen LogP contribution in [-0.4, -0.2) is 24.3 Å². The van der Waals surface area contributed by atoms with Gasteiger partial charge in [0, 0.05) is 5.39 Å². The van der Waals surface area contributed by atoms with E-state index in [-0.39, 0.29) is 5.97 Å². The number of esters is 1. The Morgan fingerprint density at radius 3 is 2.81 bits per heavy atom. The van der Waals surface area contributed by atoms with Crippen LogP contribution in [-0.2, 0) is 4.74 Å². The minimum Gasteiger partial charge on any atom is -0.465 e. The van der Waals surface area contributed by atoms with Crippen LogP contribution in [0.3, 0.4) is 0 Å². The highest BCUT2D eigenvalue weighted by molar-refractivity contribution is 5.94. The summed E-state index contributed by atoms with van der Waals surface area (Å²) in [4.78, 5) is 25.9. The molecule has 2 rings (SSSR count). The quantitative estimate of drug-likeness (QED) is 0.566. The Balaban J connectivity index is 2.55. The standard InChI is InChI=1S/C12H9NO3/c1-16-12(15)9-3-5-11-8(6-9)2-4-10(7-14)13-11/h2-7H,1H3. The van der Waals surface area contributed by atoms with Gasteiger partial charge in [-0.1, -0.05) is 6.07 Å². The van der Waals surface area contributed by atoms with Crippen molar-refractivity contribution >= 4 is 23.2 Å². The molecule has 0 saturated heterocycles. The second-order valence-electron chi connectivity index (χ2n) is 3.25. The zero-order chi connectivity index (χ0) is 11.5. The Morgan fingerprint density at radius 1 is 1.31 bits per heavy atom. The van der Waals surface area contributed by atoms with Crippen LogP contribution in [0.2, 0.25) is 0 Å². The number of nitrogens with zero attached hydrogens (tertiary/aromatic N) is 1. The molecule has 0 aliphatic heterocycles. The van der Waals surface area contributed by atoms with E-state index >= 15 is 0 Å². The lowest BCUT2D eigenvalue weighted by atomic mass is 10.1. The van der Waals surface area contributed by atoms with Gasteiger partial charge in [-0.25, -0.2) is 9.78 Å². The molecule has 0 unspecified atom stereocenters. The monoisotopic (exact) mass is 215 g/mol. The fourth-order valence-electron chi connectivity index (χ4n) is 1.45. The highest BCUT2D eigenvalue weighted by atomic mass is 16.5. The summed E-state index contributed by atoms with van der Waals surface area (Å²) in [5.74, 6) is -0.388. The van der Waals surface area contributed by atoms with E-state index < -0.39 is 0 Å². The van der Waals surface area contributed by atoms with Gasteiger partial charge in [0.15, 0.2) is 6.29 Å². The maximum Gasteiger partial charge on any atom is 0.337 e. The number of aldehydes is 1. The Kier molecular flexibility index (Phi) is 2.64. The minimum atomic E-state index is -0.388. The predicted molar refractivity (Wildman–Crippen MR) is 58.5 cm³/mol. The molecule has 0 N–H and O–H groups in total. The van der Waals surface area contributed by atoms with Crippen molar-refractivity contribution < 1.29 is 14.3 Å². The van der Waals surface area contributed by atoms with Crippen LogP contribution in [0.15, 0.2) is 30.3 Å². The molecule has 4 heteroatoms. The van der Waals surface area contributed by atoms with Crippen LogP contribution in [0.25, 0.3) is 10.9 Å². The van der Waals surface area contributed by atoms with Crippen molar-refractivity contribution in [2.45, 2.75) is 0 Å². The van der Waals surface area contributed by atoms with Gasteiger partial charge in [-0.2, -0.15) is 0 Å². The number of aromatic nitrogens is 1. The number of pyridine rings is 1. The number of rotatable bonds is 2. The lowest BCUT2D eigenvalue weighted by Crippen LogP contribution is -2.00. The number of ether oxygens (including phenoxy) is 1. The maximum atomic E-state index is 11.3. The summed E-state index contributed by atoms with van der Waals surface area (Å²) in [6.45, 7) is 0. The molecule has 0 radical (unpaired) electrons. The summed E-state index contributed by atoms with van der Waals surface area (Å²) in [7, 11) is 1.33. The maximum absolute atomic E-state index is 11.3. The van der Waals surface area contributed by atoms with Crippen molar-refractivity contribution in [2.24, 2.45) is 0 Å². The first-order valence-electron chi connectivity index (χ1n) is 4.69. The lowest BCUT2D eigenvalue weighted by molar-refractivity contribution is 0.0601. The fraction of sp³-hybridized carbons (Fsp3) is 0.0833. The van der Waals surface area contributed by atoms with E-state index in [0.29, 0.717) is 23.1 Å². The average molecular weight is 215 g/mol. The molecule has 1 aromatic heterocycles. The minimum absolute atomic E-state index is 0.373. The molecule has 0 spiro atoms. The number of hydrogen-bond donors (Lipinski definition) is 0. The van der Waals surface area contributed by atoms with E-state index in [4.69, 9.17) is 0 Å². The van der Waals surface area contributed by atoms with Crippen LogP contribution in [0.4, 0.5) is 0 Å². The second-order valence-corrected chi connectivity index (χ2v) is 3.25. The molecule has 1 aromatic carbocycles. The molecule has 16 heavy (non-hydrogen) atoms. The Hall–Kier alpha value is -2.23. The van der Waals surface area contributed by atoms with Gasteiger partial charge in [0.2, 0.25) is 0 Å². The van der Waals surface area contributed by atoms with Gasteiger partial charge in [-0.15, -0.1) is 0 Å². The molecule has 4 nitrogen and oxygen atoms in total. The molecule has 0 amide bonds. The SMILES string of the molecule is COC(=O)c1ccc2nc(C=O)ccc2c1. The number of carbonyl (C=O) groups is 2. The summed E-state index contributed by atoms with van der Waals surface area (Å²) in [6, 6.07) is 8.35. The molecular weight excluding hydrogens is 206 g/mol. The second kappa shape index (κ2) is 4.10. The van der Waals surface area contributed by atoms with E-state index in [1.165, 1.54) is 7.11 Å². The third-order valence-corrected chi connectivity index (χ3v) is 2.25. The first-order chi connectivity index (χ1) is 7.74. The number of carbonyl (C=O) groups excluding carboxylic acids is 2. The zero-order valence-corrected chi connectivity index (χ0v) is 8.64. The van der Waals surface area contributed by atoms with Crippen LogP contribution in [0.5, 0.6) is 0 Å². The van der Waals surface area contributed by atoms with Crippen molar-refractivity contribution in [1.29, 1.82) is 0 Å². The van der Waals surface area contributed by atoms with Crippen LogP contribution in [0, 0.1) is 0 Å². The molecule has 2 aromatic rings. The van der Waals surface area contributed by atoms with Crippen LogP contribution >= 0.6 is 0 Å². The molecule has 0 aliphatic carbocycles.